The second-order valence-electron chi connectivity index (χ2n) is 6.23. The summed E-state index contributed by atoms with van der Waals surface area (Å²) in [6, 6.07) is 21.1. The van der Waals surface area contributed by atoms with Crippen molar-refractivity contribution in [2.75, 3.05) is 17.3 Å². The predicted molar refractivity (Wildman–Crippen MR) is 111 cm³/mol. The summed E-state index contributed by atoms with van der Waals surface area (Å²) in [6.07, 6.45) is 0. The molecule has 1 N–H and O–H groups in total. The van der Waals surface area contributed by atoms with Gasteiger partial charge in [-0.1, -0.05) is 54.1 Å². The maximum Gasteiger partial charge on any atom is 0.270 e. The Kier molecular flexibility index (Phi) is 5.91. The standard InChI is InChI=1S/C21H18ClN3O3/c1-24(14-15-7-3-2-4-8-15)20-10-6-5-9-19(20)23-21(26)17-13-16(25(27)28)11-12-18(17)22/h2-13H,14H2,1H3,(H,23,26). The van der Waals surface area contributed by atoms with E-state index < -0.39 is 10.8 Å². The summed E-state index contributed by atoms with van der Waals surface area (Å²) in [7, 11) is 1.93. The lowest BCUT2D eigenvalue weighted by molar-refractivity contribution is -0.384. The molecule has 0 aromatic heterocycles. The van der Waals surface area contributed by atoms with E-state index in [4.69, 9.17) is 11.6 Å². The number of rotatable bonds is 6. The molecule has 6 nitrogen and oxygen atoms in total. The Balaban J connectivity index is 1.84. The van der Waals surface area contributed by atoms with E-state index in [9.17, 15) is 14.9 Å². The van der Waals surface area contributed by atoms with Crippen LogP contribution in [0.3, 0.4) is 0 Å². The fourth-order valence-corrected chi connectivity index (χ4v) is 3.05. The van der Waals surface area contributed by atoms with E-state index in [2.05, 4.69) is 5.32 Å². The lowest BCUT2D eigenvalue weighted by Crippen LogP contribution is -2.20. The van der Waals surface area contributed by atoms with Gasteiger partial charge >= 0.3 is 0 Å². The lowest BCUT2D eigenvalue weighted by atomic mass is 10.1. The average Bonchev–Trinajstić information content (AvgIpc) is 2.69. The van der Waals surface area contributed by atoms with Crippen molar-refractivity contribution in [2.24, 2.45) is 0 Å². The molecule has 0 aliphatic carbocycles. The van der Waals surface area contributed by atoms with Gasteiger partial charge in [0, 0.05) is 25.7 Å². The zero-order valence-electron chi connectivity index (χ0n) is 15.1. The van der Waals surface area contributed by atoms with Gasteiger partial charge in [0.25, 0.3) is 11.6 Å². The molecule has 1 amide bonds. The van der Waals surface area contributed by atoms with Gasteiger partial charge in [-0.25, -0.2) is 0 Å². The molecule has 0 saturated carbocycles. The molecule has 3 aromatic rings. The van der Waals surface area contributed by atoms with E-state index in [1.165, 1.54) is 18.2 Å². The molecule has 3 aromatic carbocycles. The Hall–Kier alpha value is -3.38. The minimum Gasteiger partial charge on any atom is -0.369 e. The van der Waals surface area contributed by atoms with Crippen molar-refractivity contribution in [3.63, 3.8) is 0 Å². The number of amides is 1. The van der Waals surface area contributed by atoms with Gasteiger partial charge in [0.2, 0.25) is 0 Å². The second-order valence-corrected chi connectivity index (χ2v) is 6.64. The van der Waals surface area contributed by atoms with Crippen LogP contribution in [0.15, 0.2) is 72.8 Å². The van der Waals surface area contributed by atoms with Crippen LogP contribution >= 0.6 is 11.6 Å². The minimum absolute atomic E-state index is 0.0522. The summed E-state index contributed by atoms with van der Waals surface area (Å²) < 4.78 is 0. The molecule has 0 radical (unpaired) electrons. The van der Waals surface area contributed by atoms with Crippen LogP contribution in [0.25, 0.3) is 0 Å². The molecule has 0 atom stereocenters. The van der Waals surface area contributed by atoms with Gasteiger partial charge < -0.3 is 10.2 Å². The van der Waals surface area contributed by atoms with Crippen LogP contribution in [-0.4, -0.2) is 17.9 Å². The monoisotopic (exact) mass is 395 g/mol. The number of nitro benzene ring substituents is 1. The third-order valence-electron chi connectivity index (χ3n) is 4.23. The highest BCUT2D eigenvalue weighted by Gasteiger charge is 2.17. The molecule has 0 saturated heterocycles. The third kappa shape index (κ3) is 4.47. The van der Waals surface area contributed by atoms with Crippen LogP contribution in [0.1, 0.15) is 15.9 Å². The SMILES string of the molecule is CN(Cc1ccccc1)c1ccccc1NC(=O)c1cc([N+](=O)[O-])ccc1Cl. The molecule has 0 heterocycles. The van der Waals surface area contributed by atoms with E-state index in [0.29, 0.717) is 12.2 Å². The topological polar surface area (TPSA) is 75.5 Å². The van der Waals surface area contributed by atoms with Crippen LogP contribution in [0.4, 0.5) is 17.1 Å². The summed E-state index contributed by atoms with van der Waals surface area (Å²) >= 11 is 6.08. The van der Waals surface area contributed by atoms with Gasteiger partial charge in [-0.05, 0) is 23.8 Å². The van der Waals surface area contributed by atoms with Gasteiger partial charge in [-0.15, -0.1) is 0 Å². The van der Waals surface area contributed by atoms with Crippen molar-refractivity contribution in [1.82, 2.24) is 0 Å². The Morgan fingerprint density at radius 3 is 2.46 bits per heavy atom. The van der Waals surface area contributed by atoms with Crippen molar-refractivity contribution in [3.8, 4) is 0 Å². The fraction of sp³-hybridized carbons (Fsp3) is 0.0952. The molecule has 7 heteroatoms. The number of hydrogen-bond acceptors (Lipinski definition) is 4. The van der Waals surface area contributed by atoms with Crippen LogP contribution in [0.5, 0.6) is 0 Å². The minimum atomic E-state index is -0.561. The number of carbonyl (C=O) groups excluding carboxylic acids is 1. The average molecular weight is 396 g/mol. The summed E-state index contributed by atoms with van der Waals surface area (Å²) in [5.41, 5.74) is 2.41. The molecule has 0 aliphatic rings. The fourth-order valence-electron chi connectivity index (χ4n) is 2.85. The highest BCUT2D eigenvalue weighted by molar-refractivity contribution is 6.34. The number of hydrogen-bond donors (Lipinski definition) is 1. The summed E-state index contributed by atoms with van der Waals surface area (Å²) in [6.45, 7) is 0.658. The Bertz CT molecular complexity index is 1010. The second kappa shape index (κ2) is 8.54. The van der Waals surface area contributed by atoms with Crippen molar-refractivity contribution in [3.05, 3.63) is 99.1 Å². The van der Waals surface area contributed by atoms with Gasteiger partial charge in [-0.2, -0.15) is 0 Å². The number of nitrogens with zero attached hydrogens (tertiary/aromatic N) is 2. The number of nitrogens with one attached hydrogen (secondary N) is 1. The van der Waals surface area contributed by atoms with Crippen LogP contribution in [0.2, 0.25) is 5.02 Å². The number of non-ortho nitro benzene ring substituents is 1. The molecular weight excluding hydrogens is 378 g/mol. The van der Waals surface area contributed by atoms with Gasteiger partial charge in [0.1, 0.15) is 0 Å². The maximum atomic E-state index is 12.7. The van der Waals surface area contributed by atoms with Gasteiger partial charge in [-0.3, -0.25) is 14.9 Å². The van der Waals surface area contributed by atoms with Crippen LogP contribution in [-0.2, 0) is 6.54 Å². The highest BCUT2D eigenvalue weighted by Crippen LogP contribution is 2.28. The predicted octanol–water partition coefficient (Wildman–Crippen LogP) is 5.14. The quantitative estimate of drug-likeness (QED) is 0.463. The normalized spacial score (nSPS) is 10.4. The lowest BCUT2D eigenvalue weighted by Gasteiger charge is -2.23. The van der Waals surface area contributed by atoms with Crippen molar-refractivity contribution >= 4 is 34.6 Å². The van der Waals surface area contributed by atoms with Crippen molar-refractivity contribution < 1.29 is 9.72 Å². The third-order valence-corrected chi connectivity index (χ3v) is 4.56. The summed E-state index contributed by atoms with van der Waals surface area (Å²) in [4.78, 5) is 25.1. The zero-order chi connectivity index (χ0) is 20.1. The van der Waals surface area contributed by atoms with E-state index in [1.54, 1.807) is 6.07 Å². The number of halogens is 1. The molecule has 0 aliphatic heterocycles. The van der Waals surface area contributed by atoms with E-state index in [1.807, 2.05) is 60.5 Å². The first-order chi connectivity index (χ1) is 13.5. The van der Waals surface area contributed by atoms with Crippen LogP contribution < -0.4 is 10.2 Å². The molecule has 0 spiro atoms. The first-order valence-corrected chi connectivity index (χ1v) is 8.93. The first-order valence-electron chi connectivity index (χ1n) is 8.55. The van der Waals surface area contributed by atoms with Crippen molar-refractivity contribution in [1.29, 1.82) is 0 Å². The molecular formula is C21H18ClN3O3. The largest absolute Gasteiger partial charge is 0.369 e. The molecule has 3 rings (SSSR count). The number of nitro groups is 1. The molecule has 0 unspecified atom stereocenters. The molecule has 0 bridgehead atoms. The Labute approximate surface area is 167 Å². The Morgan fingerprint density at radius 2 is 1.75 bits per heavy atom. The number of carbonyl (C=O) groups is 1. The van der Waals surface area contributed by atoms with Crippen molar-refractivity contribution in [2.45, 2.75) is 6.54 Å². The number of anilines is 2. The molecule has 0 fully saturated rings. The van der Waals surface area contributed by atoms with E-state index in [0.717, 1.165) is 11.3 Å². The van der Waals surface area contributed by atoms with Gasteiger partial charge in [0.05, 0.1) is 26.9 Å². The molecule has 28 heavy (non-hydrogen) atoms. The number of para-hydroxylation sites is 2. The van der Waals surface area contributed by atoms with Crippen LogP contribution in [0, 0.1) is 10.1 Å². The number of benzene rings is 3. The smallest absolute Gasteiger partial charge is 0.270 e. The van der Waals surface area contributed by atoms with Gasteiger partial charge in [0.15, 0.2) is 0 Å². The van der Waals surface area contributed by atoms with E-state index in [-0.39, 0.29) is 16.3 Å². The maximum absolute atomic E-state index is 12.7. The summed E-state index contributed by atoms with van der Waals surface area (Å²) in [5.74, 6) is -0.505. The zero-order valence-corrected chi connectivity index (χ0v) is 15.9. The molecule has 142 valence electrons. The summed E-state index contributed by atoms with van der Waals surface area (Å²) in [5, 5.41) is 14.0. The first kappa shape index (κ1) is 19.4. The van der Waals surface area contributed by atoms with E-state index >= 15 is 0 Å². The highest BCUT2D eigenvalue weighted by atomic mass is 35.5. The Morgan fingerprint density at radius 1 is 1.07 bits per heavy atom.